The van der Waals surface area contributed by atoms with E-state index in [4.69, 9.17) is 11.2 Å². The van der Waals surface area contributed by atoms with E-state index in [1.807, 2.05) is 4.90 Å². The van der Waals surface area contributed by atoms with E-state index in [9.17, 15) is 4.79 Å². The average molecular weight is 437 g/mol. The van der Waals surface area contributed by atoms with Gasteiger partial charge in [0.2, 0.25) is 0 Å². The molecule has 0 N–H and O–H groups in total. The van der Waals surface area contributed by atoms with E-state index < -0.39 is 0 Å². The molecule has 0 saturated carbocycles. The lowest BCUT2D eigenvalue weighted by molar-refractivity contribution is 0.0797. The van der Waals surface area contributed by atoms with E-state index in [1.165, 1.54) is 28.8 Å². The largest absolute Gasteiger partial charge is 0.367 e. The fourth-order valence-corrected chi connectivity index (χ4v) is 5.78. The normalized spacial score (nSPS) is 17.7. The average Bonchev–Trinajstić information content (AvgIpc) is 3.47. The van der Waals surface area contributed by atoms with Crippen molar-refractivity contribution in [2.24, 2.45) is 0 Å². The predicted octanol–water partition coefficient (Wildman–Crippen LogP) is 4.79. The van der Waals surface area contributed by atoms with Gasteiger partial charge in [-0.15, -0.1) is 17.8 Å². The molecular weight excluding hydrogens is 404 g/mol. The van der Waals surface area contributed by atoms with Crippen molar-refractivity contribution < 1.29 is 9.53 Å². The monoisotopic (exact) mass is 436 g/mol. The molecule has 0 radical (unpaired) electrons. The van der Waals surface area contributed by atoms with E-state index in [0.717, 1.165) is 56.0 Å². The van der Waals surface area contributed by atoms with Crippen molar-refractivity contribution >= 4 is 17.2 Å². The quantitative estimate of drug-likeness (QED) is 0.462. The Morgan fingerprint density at radius 2 is 1.87 bits per heavy atom. The van der Waals surface area contributed by atoms with E-state index in [1.54, 1.807) is 11.3 Å². The summed E-state index contributed by atoms with van der Waals surface area (Å²) in [6.07, 6.45) is 9.84. The zero-order valence-electron chi connectivity index (χ0n) is 18.4. The number of ether oxygens (including phenoxy) is 1. The van der Waals surface area contributed by atoms with Crippen LogP contribution in [-0.4, -0.2) is 61.6 Å². The second kappa shape index (κ2) is 10.5. The highest BCUT2D eigenvalue weighted by Gasteiger charge is 2.24. The molecule has 2 aromatic rings. The molecule has 3 heterocycles. The minimum Gasteiger partial charge on any atom is -0.367 e. The molecule has 5 heteroatoms. The van der Waals surface area contributed by atoms with Crippen LogP contribution in [0.2, 0.25) is 0 Å². The molecule has 1 aromatic carbocycles. The third-order valence-corrected chi connectivity index (χ3v) is 7.77. The summed E-state index contributed by atoms with van der Waals surface area (Å²) >= 11 is 1.64. The van der Waals surface area contributed by atoms with Crippen LogP contribution in [0, 0.1) is 19.3 Å². The number of amides is 1. The first-order valence-corrected chi connectivity index (χ1v) is 12.2. The van der Waals surface area contributed by atoms with Crippen LogP contribution in [-0.2, 0) is 4.74 Å². The molecular formula is C26H32N2O2S. The van der Waals surface area contributed by atoms with Gasteiger partial charge in [0.05, 0.1) is 11.5 Å². The molecule has 0 aliphatic carbocycles. The van der Waals surface area contributed by atoms with Gasteiger partial charge >= 0.3 is 0 Å². The summed E-state index contributed by atoms with van der Waals surface area (Å²) in [6.45, 7) is 8.16. The Morgan fingerprint density at radius 1 is 1.16 bits per heavy atom. The Labute approximate surface area is 190 Å². The molecule has 31 heavy (non-hydrogen) atoms. The van der Waals surface area contributed by atoms with Crippen molar-refractivity contribution in [3.63, 3.8) is 0 Å². The van der Waals surface area contributed by atoms with Crippen LogP contribution in [0.5, 0.6) is 0 Å². The first-order valence-electron chi connectivity index (χ1n) is 11.4. The molecule has 1 aromatic heterocycles. The molecule has 2 fully saturated rings. The summed E-state index contributed by atoms with van der Waals surface area (Å²) in [6, 6.07) is 11.2. The molecule has 2 saturated heterocycles. The van der Waals surface area contributed by atoms with Crippen molar-refractivity contribution in [1.82, 2.24) is 9.80 Å². The SMILES string of the molecule is C#CCOCCN1CCC(c2ccc(-c3cc(C)c(C(=O)N4CCCC4)s3)cc2)CC1. The maximum atomic E-state index is 12.8. The number of carbonyl (C=O) groups excluding carboxylic acids is 1. The maximum absolute atomic E-state index is 12.8. The van der Waals surface area contributed by atoms with Crippen LogP contribution < -0.4 is 0 Å². The van der Waals surface area contributed by atoms with E-state index in [-0.39, 0.29) is 5.91 Å². The molecule has 4 nitrogen and oxygen atoms in total. The molecule has 2 aliphatic heterocycles. The fraction of sp³-hybridized carbons (Fsp3) is 0.500. The van der Waals surface area contributed by atoms with Gasteiger partial charge in [-0.25, -0.2) is 0 Å². The molecule has 164 valence electrons. The van der Waals surface area contributed by atoms with Crippen molar-refractivity contribution in [2.75, 3.05) is 45.9 Å². The van der Waals surface area contributed by atoms with Gasteiger partial charge in [0.15, 0.2) is 0 Å². The zero-order valence-corrected chi connectivity index (χ0v) is 19.3. The number of thiophene rings is 1. The van der Waals surface area contributed by atoms with Gasteiger partial charge in [0, 0.05) is 24.5 Å². The van der Waals surface area contributed by atoms with Crippen LogP contribution in [0.4, 0.5) is 0 Å². The summed E-state index contributed by atoms with van der Waals surface area (Å²) in [4.78, 5) is 19.4. The van der Waals surface area contributed by atoms with Crippen LogP contribution >= 0.6 is 11.3 Å². The number of likely N-dealkylation sites (tertiary alicyclic amines) is 2. The number of hydrogen-bond donors (Lipinski definition) is 0. The molecule has 0 bridgehead atoms. The lowest BCUT2D eigenvalue weighted by atomic mass is 9.89. The summed E-state index contributed by atoms with van der Waals surface area (Å²) in [5.74, 6) is 3.34. The van der Waals surface area contributed by atoms with Crippen molar-refractivity contribution in [2.45, 2.75) is 38.5 Å². The minimum absolute atomic E-state index is 0.208. The second-order valence-electron chi connectivity index (χ2n) is 8.62. The highest BCUT2D eigenvalue weighted by atomic mass is 32.1. The molecule has 0 spiro atoms. The Bertz CT molecular complexity index is 914. The fourth-order valence-electron chi connectivity index (χ4n) is 4.63. The van der Waals surface area contributed by atoms with Crippen LogP contribution in [0.15, 0.2) is 30.3 Å². The van der Waals surface area contributed by atoms with Gasteiger partial charge < -0.3 is 14.5 Å². The number of carbonyl (C=O) groups is 1. The van der Waals surface area contributed by atoms with Crippen LogP contribution in [0.3, 0.4) is 0 Å². The Hall–Kier alpha value is -2.13. The zero-order chi connectivity index (χ0) is 21.6. The Kier molecular flexibility index (Phi) is 7.45. The highest BCUT2D eigenvalue weighted by molar-refractivity contribution is 7.17. The van der Waals surface area contributed by atoms with Gasteiger partial charge in [-0.3, -0.25) is 4.79 Å². The predicted molar refractivity (Wildman–Crippen MR) is 128 cm³/mol. The van der Waals surface area contributed by atoms with Crippen LogP contribution in [0.1, 0.15) is 52.4 Å². The summed E-state index contributed by atoms with van der Waals surface area (Å²) < 4.78 is 5.41. The maximum Gasteiger partial charge on any atom is 0.264 e. The molecule has 2 aliphatic rings. The molecule has 0 atom stereocenters. The van der Waals surface area contributed by atoms with E-state index >= 15 is 0 Å². The third-order valence-electron chi connectivity index (χ3n) is 6.50. The summed E-state index contributed by atoms with van der Waals surface area (Å²) in [5, 5.41) is 0. The number of hydrogen-bond acceptors (Lipinski definition) is 4. The van der Waals surface area contributed by atoms with Gasteiger partial charge in [0.1, 0.15) is 6.61 Å². The lowest BCUT2D eigenvalue weighted by Crippen LogP contribution is -2.35. The number of piperidine rings is 1. The Morgan fingerprint density at radius 3 is 2.55 bits per heavy atom. The molecule has 4 rings (SSSR count). The van der Waals surface area contributed by atoms with Gasteiger partial charge in [-0.05, 0) is 74.4 Å². The number of benzene rings is 1. The molecule has 1 amide bonds. The number of aryl methyl sites for hydroxylation is 1. The van der Waals surface area contributed by atoms with Gasteiger partial charge in [-0.1, -0.05) is 30.2 Å². The summed E-state index contributed by atoms with van der Waals surface area (Å²) in [5.41, 5.74) is 3.73. The van der Waals surface area contributed by atoms with Crippen molar-refractivity contribution in [3.8, 4) is 22.8 Å². The third kappa shape index (κ3) is 5.38. The number of terminal acetylenes is 1. The number of rotatable bonds is 7. The van der Waals surface area contributed by atoms with Crippen molar-refractivity contribution in [3.05, 3.63) is 46.3 Å². The van der Waals surface area contributed by atoms with E-state index in [2.05, 4.69) is 48.1 Å². The standard InChI is InChI=1S/C26H32N2O2S/c1-3-17-30-18-16-27-14-10-22(11-15-27)21-6-8-23(9-7-21)24-19-20(2)25(31-24)26(29)28-12-4-5-13-28/h1,6-9,19,22H,4-5,10-18H2,2H3. The lowest BCUT2D eigenvalue weighted by Gasteiger charge is -2.32. The first-order chi connectivity index (χ1) is 15.2. The van der Waals surface area contributed by atoms with E-state index in [0.29, 0.717) is 19.1 Å². The topological polar surface area (TPSA) is 32.8 Å². The number of nitrogens with zero attached hydrogens (tertiary/aromatic N) is 2. The molecule has 0 unspecified atom stereocenters. The van der Waals surface area contributed by atoms with Gasteiger partial charge in [0.25, 0.3) is 5.91 Å². The minimum atomic E-state index is 0.208. The van der Waals surface area contributed by atoms with Crippen molar-refractivity contribution in [1.29, 1.82) is 0 Å². The smallest absolute Gasteiger partial charge is 0.264 e. The Balaban J connectivity index is 1.34. The first kappa shape index (κ1) is 22.1. The second-order valence-corrected chi connectivity index (χ2v) is 9.67. The highest BCUT2D eigenvalue weighted by Crippen LogP contribution is 2.34. The van der Waals surface area contributed by atoms with Gasteiger partial charge in [-0.2, -0.15) is 0 Å². The van der Waals surface area contributed by atoms with Crippen LogP contribution in [0.25, 0.3) is 10.4 Å². The summed E-state index contributed by atoms with van der Waals surface area (Å²) in [7, 11) is 0.